The van der Waals surface area contributed by atoms with Crippen molar-refractivity contribution >= 4 is 19.7 Å². The predicted molar refractivity (Wildman–Crippen MR) is 86.6 cm³/mol. The maximum Gasteiger partial charge on any atom is 0.411 e. The molecule has 0 radical (unpaired) electrons. The number of carboxylic acids is 1. The van der Waals surface area contributed by atoms with Gasteiger partial charge in [-0.1, -0.05) is 30.3 Å². The van der Waals surface area contributed by atoms with Crippen LogP contribution in [0.15, 0.2) is 30.3 Å². The number of rotatable bonds is 6. The normalized spacial score (nSPS) is 13.2. The van der Waals surface area contributed by atoms with E-state index in [1.54, 1.807) is 51.1 Å². The quantitative estimate of drug-likeness (QED) is 0.664. The van der Waals surface area contributed by atoms with E-state index in [0.29, 0.717) is 10.5 Å². The van der Waals surface area contributed by atoms with Gasteiger partial charge in [-0.25, -0.2) is 9.59 Å². The molecule has 1 aromatic carbocycles. The van der Waals surface area contributed by atoms with Crippen LogP contribution in [-0.4, -0.2) is 49.8 Å². The summed E-state index contributed by atoms with van der Waals surface area (Å²) in [6.45, 7) is 4.73. The number of hydrogen-bond acceptors (Lipinski definition) is 4. The lowest BCUT2D eigenvalue weighted by molar-refractivity contribution is -0.142. The van der Waals surface area contributed by atoms with E-state index in [1.165, 1.54) is 0 Å². The lowest BCUT2D eigenvalue weighted by Gasteiger charge is -2.31. The van der Waals surface area contributed by atoms with Gasteiger partial charge in [0.2, 0.25) is 0 Å². The molecule has 0 saturated heterocycles. The molecule has 0 aliphatic carbocycles. The van der Waals surface area contributed by atoms with E-state index in [2.05, 4.69) is 0 Å². The van der Waals surface area contributed by atoms with E-state index in [0.717, 1.165) is 0 Å². The maximum absolute atomic E-state index is 12.3. The fraction of sp³-hybridized carbons (Fsp3) is 0.467. The SMILES string of the molecule is CC(C)(C)OC(=O)N(CP(=O)(O)O)C(Cc1ccccc1)C(=O)O. The average Bonchev–Trinajstić information content (AvgIpc) is 2.40. The van der Waals surface area contributed by atoms with Crippen LogP contribution in [0, 0.1) is 0 Å². The summed E-state index contributed by atoms with van der Waals surface area (Å²) in [6.07, 6.45) is -2.23. The van der Waals surface area contributed by atoms with Gasteiger partial charge in [-0.15, -0.1) is 0 Å². The molecule has 9 heteroatoms. The van der Waals surface area contributed by atoms with Crippen molar-refractivity contribution in [3.05, 3.63) is 35.9 Å². The van der Waals surface area contributed by atoms with Gasteiger partial charge in [0.1, 0.15) is 17.9 Å². The summed E-state index contributed by atoms with van der Waals surface area (Å²) in [7, 11) is -4.68. The Balaban J connectivity index is 3.13. The minimum atomic E-state index is -4.68. The van der Waals surface area contributed by atoms with E-state index in [4.69, 9.17) is 4.74 Å². The Hall–Kier alpha value is -1.89. The van der Waals surface area contributed by atoms with Gasteiger partial charge in [0.15, 0.2) is 0 Å². The van der Waals surface area contributed by atoms with Gasteiger partial charge >= 0.3 is 19.7 Å². The van der Waals surface area contributed by atoms with Crippen LogP contribution in [0.4, 0.5) is 4.79 Å². The number of carboxylic acid groups (broad SMARTS) is 1. The van der Waals surface area contributed by atoms with Crippen LogP contribution in [0.5, 0.6) is 0 Å². The molecule has 1 amide bonds. The first kappa shape index (κ1) is 20.2. The third-order valence-electron chi connectivity index (χ3n) is 2.90. The fourth-order valence-corrected chi connectivity index (χ4v) is 2.68. The van der Waals surface area contributed by atoms with Gasteiger partial charge in [0.25, 0.3) is 0 Å². The summed E-state index contributed by atoms with van der Waals surface area (Å²) in [6, 6.07) is 7.03. The monoisotopic (exact) mass is 359 g/mol. The molecule has 3 N–H and O–H groups in total. The molecule has 1 atom stereocenters. The van der Waals surface area contributed by atoms with Gasteiger partial charge < -0.3 is 19.6 Å². The van der Waals surface area contributed by atoms with Gasteiger partial charge in [-0.3, -0.25) is 9.46 Å². The summed E-state index contributed by atoms with van der Waals surface area (Å²) in [5, 5.41) is 9.45. The highest BCUT2D eigenvalue weighted by atomic mass is 31.2. The van der Waals surface area contributed by atoms with Crippen molar-refractivity contribution in [2.75, 3.05) is 6.29 Å². The Morgan fingerprint density at radius 1 is 1.21 bits per heavy atom. The zero-order chi connectivity index (χ0) is 18.5. The highest BCUT2D eigenvalue weighted by Crippen LogP contribution is 2.36. The van der Waals surface area contributed by atoms with Gasteiger partial charge in [-0.2, -0.15) is 0 Å². The Morgan fingerprint density at radius 3 is 2.17 bits per heavy atom. The van der Waals surface area contributed by atoms with Crippen LogP contribution >= 0.6 is 7.60 Å². The molecular formula is C15H22NO7P. The fourth-order valence-electron chi connectivity index (χ4n) is 1.97. The zero-order valence-electron chi connectivity index (χ0n) is 13.7. The van der Waals surface area contributed by atoms with E-state index in [1.807, 2.05) is 0 Å². The maximum atomic E-state index is 12.3. The highest BCUT2D eigenvalue weighted by Gasteiger charge is 2.37. The zero-order valence-corrected chi connectivity index (χ0v) is 14.6. The van der Waals surface area contributed by atoms with E-state index >= 15 is 0 Å². The topological polar surface area (TPSA) is 124 Å². The number of aliphatic carboxylic acids is 1. The van der Waals surface area contributed by atoms with Crippen molar-refractivity contribution in [2.24, 2.45) is 0 Å². The summed E-state index contributed by atoms with van der Waals surface area (Å²) in [5.41, 5.74) is -0.316. The number of nitrogens with zero attached hydrogens (tertiary/aromatic N) is 1. The second-order valence-corrected chi connectivity index (χ2v) is 7.91. The molecule has 1 unspecified atom stereocenters. The van der Waals surface area contributed by atoms with Crippen LogP contribution in [0.3, 0.4) is 0 Å². The predicted octanol–water partition coefficient (Wildman–Crippen LogP) is 2.05. The highest BCUT2D eigenvalue weighted by molar-refractivity contribution is 7.51. The minimum Gasteiger partial charge on any atom is -0.480 e. The standard InChI is InChI=1S/C15H22NO7P/c1-15(2,3)23-14(19)16(10-24(20,21)22)12(13(17)18)9-11-7-5-4-6-8-11/h4-8,12H,9-10H2,1-3H3,(H,17,18)(H2,20,21,22). The van der Waals surface area contributed by atoms with Gasteiger partial charge in [0.05, 0.1) is 0 Å². The molecule has 0 bridgehead atoms. The largest absolute Gasteiger partial charge is 0.480 e. The summed E-state index contributed by atoms with van der Waals surface area (Å²) >= 11 is 0. The number of amides is 1. The number of carbonyl (C=O) groups is 2. The van der Waals surface area contributed by atoms with Crippen molar-refractivity contribution in [3.8, 4) is 0 Å². The van der Waals surface area contributed by atoms with Crippen LogP contribution in [0.1, 0.15) is 26.3 Å². The first-order valence-corrected chi connectivity index (χ1v) is 9.00. The molecule has 24 heavy (non-hydrogen) atoms. The van der Waals surface area contributed by atoms with Gasteiger partial charge in [-0.05, 0) is 26.3 Å². The molecule has 0 fully saturated rings. The Bertz CT molecular complexity index is 620. The van der Waals surface area contributed by atoms with E-state index < -0.39 is 37.6 Å². The molecule has 0 aromatic heterocycles. The smallest absolute Gasteiger partial charge is 0.411 e. The number of benzene rings is 1. The molecule has 134 valence electrons. The molecule has 1 aromatic rings. The van der Waals surface area contributed by atoms with Crippen molar-refractivity contribution in [2.45, 2.75) is 38.8 Å². The average molecular weight is 359 g/mol. The van der Waals surface area contributed by atoms with Crippen LogP contribution in [-0.2, 0) is 20.5 Å². The van der Waals surface area contributed by atoms with Crippen molar-refractivity contribution in [3.63, 3.8) is 0 Å². The van der Waals surface area contributed by atoms with Crippen LogP contribution < -0.4 is 0 Å². The van der Waals surface area contributed by atoms with E-state index in [9.17, 15) is 29.0 Å². The van der Waals surface area contributed by atoms with Crippen molar-refractivity contribution in [1.29, 1.82) is 0 Å². The van der Waals surface area contributed by atoms with Crippen molar-refractivity contribution in [1.82, 2.24) is 4.90 Å². The number of ether oxygens (including phenoxy) is 1. The minimum absolute atomic E-state index is 0.102. The Labute approximate surface area is 140 Å². The lowest BCUT2D eigenvalue weighted by atomic mass is 10.1. The number of hydrogen-bond donors (Lipinski definition) is 3. The molecule has 0 heterocycles. The molecule has 1 rings (SSSR count). The third kappa shape index (κ3) is 7.12. The molecular weight excluding hydrogens is 337 g/mol. The van der Waals surface area contributed by atoms with Crippen LogP contribution in [0.25, 0.3) is 0 Å². The number of carbonyl (C=O) groups excluding carboxylic acids is 1. The third-order valence-corrected chi connectivity index (χ3v) is 3.57. The Morgan fingerprint density at radius 2 is 1.75 bits per heavy atom. The summed E-state index contributed by atoms with van der Waals surface area (Å²) in [5.74, 6) is -1.38. The van der Waals surface area contributed by atoms with Crippen LogP contribution in [0.2, 0.25) is 0 Å². The molecule has 0 saturated carbocycles. The molecule has 0 aliphatic heterocycles. The second kappa shape index (κ2) is 7.79. The first-order chi connectivity index (χ1) is 10.9. The lowest BCUT2D eigenvalue weighted by Crippen LogP contribution is -2.48. The summed E-state index contributed by atoms with van der Waals surface area (Å²) < 4.78 is 16.4. The van der Waals surface area contributed by atoms with Crippen molar-refractivity contribution < 1.29 is 33.8 Å². The second-order valence-electron chi connectivity index (χ2n) is 6.30. The summed E-state index contributed by atoms with van der Waals surface area (Å²) in [4.78, 5) is 42.8. The van der Waals surface area contributed by atoms with Gasteiger partial charge in [0, 0.05) is 6.42 Å². The molecule has 0 aliphatic rings. The molecule has 8 nitrogen and oxygen atoms in total. The Kier molecular flexibility index (Phi) is 6.54. The first-order valence-electron chi connectivity index (χ1n) is 7.20. The van der Waals surface area contributed by atoms with E-state index in [-0.39, 0.29) is 6.42 Å². The molecule has 0 spiro atoms.